The molecule has 1 aliphatic heterocycles. The van der Waals surface area contributed by atoms with E-state index < -0.39 is 5.97 Å². The molecular weight excluding hydrogens is 415 g/mol. The number of aryl methyl sites for hydroxylation is 1. The van der Waals surface area contributed by atoms with Gasteiger partial charge in [-0.2, -0.15) is 0 Å². The molecule has 0 spiro atoms. The Labute approximate surface area is 177 Å². The molecule has 1 aromatic heterocycles. The first kappa shape index (κ1) is 19.9. The van der Waals surface area contributed by atoms with Crippen LogP contribution in [0.25, 0.3) is 11.0 Å². The molecule has 0 atom stereocenters. The maximum atomic E-state index is 11.2. The predicted molar refractivity (Wildman–Crippen MR) is 114 cm³/mol. The zero-order chi connectivity index (χ0) is 20.7. The van der Waals surface area contributed by atoms with Gasteiger partial charge in [-0.25, -0.2) is 4.79 Å². The molecule has 2 N–H and O–H groups in total. The van der Waals surface area contributed by atoms with E-state index in [1.54, 1.807) is 12.1 Å². The van der Waals surface area contributed by atoms with Crippen molar-refractivity contribution in [1.82, 2.24) is 4.90 Å². The highest BCUT2D eigenvalue weighted by Gasteiger charge is 2.22. The third-order valence-corrected chi connectivity index (χ3v) is 5.87. The third kappa shape index (κ3) is 3.88. The minimum absolute atomic E-state index is 0.0509. The highest BCUT2D eigenvalue weighted by Crippen LogP contribution is 2.33. The summed E-state index contributed by atoms with van der Waals surface area (Å²) in [5, 5.41) is 20.9. The molecule has 3 aromatic rings. The van der Waals surface area contributed by atoms with Crippen LogP contribution >= 0.6 is 23.2 Å². The molecule has 8 heteroatoms. The van der Waals surface area contributed by atoms with Gasteiger partial charge in [0.2, 0.25) is 5.76 Å². The van der Waals surface area contributed by atoms with Gasteiger partial charge in [0, 0.05) is 54.4 Å². The molecule has 4 rings (SSSR count). The summed E-state index contributed by atoms with van der Waals surface area (Å²) >= 11 is 12.1. The summed E-state index contributed by atoms with van der Waals surface area (Å²) in [6, 6.07) is 8.66. The summed E-state index contributed by atoms with van der Waals surface area (Å²) in [7, 11) is 0. The van der Waals surface area contributed by atoms with E-state index in [2.05, 4.69) is 9.80 Å². The number of phenols is 1. The van der Waals surface area contributed by atoms with Crippen LogP contribution in [0.15, 0.2) is 34.7 Å². The van der Waals surface area contributed by atoms with Crippen molar-refractivity contribution in [2.75, 3.05) is 31.1 Å². The lowest BCUT2D eigenvalue weighted by atomic mass is 10.1. The van der Waals surface area contributed by atoms with E-state index in [1.807, 2.05) is 19.1 Å². The Balaban J connectivity index is 1.48. The van der Waals surface area contributed by atoms with Crippen LogP contribution < -0.4 is 4.90 Å². The van der Waals surface area contributed by atoms with Crippen molar-refractivity contribution in [3.05, 3.63) is 57.3 Å². The summed E-state index contributed by atoms with van der Waals surface area (Å²) in [6.45, 7) is 5.80. The Morgan fingerprint density at radius 1 is 1.14 bits per heavy atom. The Morgan fingerprint density at radius 2 is 1.86 bits per heavy atom. The fourth-order valence-electron chi connectivity index (χ4n) is 3.82. The number of nitrogens with zero attached hydrogens (tertiary/aromatic N) is 2. The Hall–Kier alpha value is -2.41. The second kappa shape index (κ2) is 7.78. The lowest BCUT2D eigenvalue weighted by Gasteiger charge is -2.37. The average molecular weight is 435 g/mol. The number of carboxylic acids is 1. The Morgan fingerprint density at radius 3 is 2.55 bits per heavy atom. The van der Waals surface area contributed by atoms with Gasteiger partial charge in [-0.1, -0.05) is 23.2 Å². The first-order valence-electron chi connectivity index (χ1n) is 9.24. The molecule has 2 heterocycles. The van der Waals surface area contributed by atoms with E-state index in [4.69, 9.17) is 32.7 Å². The number of anilines is 1. The van der Waals surface area contributed by atoms with E-state index in [9.17, 15) is 9.90 Å². The predicted octanol–water partition coefficient (Wildman–Crippen LogP) is 4.77. The molecule has 0 aliphatic carbocycles. The number of benzene rings is 2. The molecule has 0 bridgehead atoms. The molecule has 0 amide bonds. The van der Waals surface area contributed by atoms with Gasteiger partial charge >= 0.3 is 5.97 Å². The van der Waals surface area contributed by atoms with Gasteiger partial charge in [-0.05, 0) is 42.8 Å². The summed E-state index contributed by atoms with van der Waals surface area (Å²) in [6.07, 6.45) is 0. The van der Waals surface area contributed by atoms with Crippen LogP contribution in [0.5, 0.6) is 5.75 Å². The zero-order valence-corrected chi connectivity index (χ0v) is 17.3. The number of furan rings is 1. The van der Waals surface area contributed by atoms with Crippen LogP contribution in [0.1, 0.15) is 21.7 Å². The van der Waals surface area contributed by atoms with Crippen LogP contribution in [-0.2, 0) is 6.54 Å². The summed E-state index contributed by atoms with van der Waals surface area (Å²) in [4.78, 5) is 15.7. The molecule has 1 saturated heterocycles. The normalized spacial score (nSPS) is 15.2. The van der Waals surface area contributed by atoms with Crippen LogP contribution in [0.4, 0.5) is 5.69 Å². The van der Waals surface area contributed by atoms with Crippen molar-refractivity contribution in [3.63, 3.8) is 0 Å². The van der Waals surface area contributed by atoms with Crippen molar-refractivity contribution < 1.29 is 19.4 Å². The molecule has 152 valence electrons. The molecule has 1 fully saturated rings. The highest BCUT2D eigenvalue weighted by molar-refractivity contribution is 6.35. The van der Waals surface area contributed by atoms with E-state index in [0.717, 1.165) is 42.8 Å². The molecule has 6 nitrogen and oxygen atoms in total. The number of aromatic hydroxyl groups is 1. The second-order valence-electron chi connectivity index (χ2n) is 7.20. The molecule has 0 unspecified atom stereocenters. The number of rotatable bonds is 4. The summed E-state index contributed by atoms with van der Waals surface area (Å²) in [5.41, 5.74) is 3.37. The molecule has 0 radical (unpaired) electrons. The number of carboxylic acid groups (broad SMARTS) is 1. The lowest BCUT2D eigenvalue weighted by Crippen LogP contribution is -2.46. The molecular formula is C21H20Cl2N2O4. The number of fused-ring (bicyclic) bond motifs is 1. The van der Waals surface area contributed by atoms with Crippen LogP contribution in [0.2, 0.25) is 10.0 Å². The topological polar surface area (TPSA) is 77.2 Å². The van der Waals surface area contributed by atoms with E-state index in [-0.39, 0.29) is 16.5 Å². The minimum atomic E-state index is -1.07. The molecule has 2 aromatic carbocycles. The van der Waals surface area contributed by atoms with E-state index in [0.29, 0.717) is 22.7 Å². The van der Waals surface area contributed by atoms with Gasteiger partial charge in [0.05, 0.1) is 5.02 Å². The van der Waals surface area contributed by atoms with Crippen LogP contribution in [-0.4, -0.2) is 47.3 Å². The Bertz CT molecular complexity index is 1090. The first-order valence-corrected chi connectivity index (χ1v) is 9.99. The standard InChI is InChI=1S/C21H20Cl2N2O4/c1-12-15-10-19(21(27)28)29-18(15)3-2-17(12)25-6-4-24(5-7-25)11-13-8-14(22)9-16(23)20(13)26/h2-3,8-10,26H,4-7,11H2,1H3,(H,27,28). The quantitative estimate of drug-likeness (QED) is 0.615. The maximum absolute atomic E-state index is 11.2. The third-order valence-electron chi connectivity index (χ3n) is 5.37. The van der Waals surface area contributed by atoms with Gasteiger partial charge in [-0.15, -0.1) is 0 Å². The number of carbonyl (C=O) groups is 1. The van der Waals surface area contributed by atoms with Crippen LogP contribution in [0.3, 0.4) is 0 Å². The average Bonchev–Trinajstić information content (AvgIpc) is 3.13. The first-order chi connectivity index (χ1) is 13.8. The summed E-state index contributed by atoms with van der Waals surface area (Å²) in [5.74, 6) is -1.04. The van der Waals surface area contributed by atoms with Crippen molar-refractivity contribution in [3.8, 4) is 5.75 Å². The minimum Gasteiger partial charge on any atom is -0.506 e. The molecule has 1 aliphatic rings. The van der Waals surface area contributed by atoms with E-state index in [1.165, 1.54) is 6.07 Å². The Kier molecular flexibility index (Phi) is 5.34. The second-order valence-corrected chi connectivity index (χ2v) is 8.04. The van der Waals surface area contributed by atoms with Gasteiger partial charge in [0.25, 0.3) is 0 Å². The largest absolute Gasteiger partial charge is 0.506 e. The van der Waals surface area contributed by atoms with Crippen molar-refractivity contribution >= 4 is 45.8 Å². The van der Waals surface area contributed by atoms with Crippen LogP contribution in [0, 0.1) is 6.92 Å². The number of phenolic OH excluding ortho intramolecular Hbond substituents is 1. The maximum Gasteiger partial charge on any atom is 0.371 e. The van der Waals surface area contributed by atoms with Crippen molar-refractivity contribution in [2.24, 2.45) is 0 Å². The number of halogens is 2. The molecule has 0 saturated carbocycles. The number of hydrogen-bond acceptors (Lipinski definition) is 5. The smallest absolute Gasteiger partial charge is 0.371 e. The number of piperazine rings is 1. The molecule has 29 heavy (non-hydrogen) atoms. The lowest BCUT2D eigenvalue weighted by molar-refractivity contribution is 0.0665. The van der Waals surface area contributed by atoms with Gasteiger partial charge in [0.15, 0.2) is 0 Å². The highest BCUT2D eigenvalue weighted by atomic mass is 35.5. The summed E-state index contributed by atoms with van der Waals surface area (Å²) < 4.78 is 5.40. The zero-order valence-electron chi connectivity index (χ0n) is 15.8. The van der Waals surface area contributed by atoms with Gasteiger partial charge < -0.3 is 19.5 Å². The monoisotopic (exact) mass is 434 g/mol. The SMILES string of the molecule is Cc1c(N2CCN(Cc3cc(Cl)cc(Cl)c3O)CC2)ccc2oc(C(=O)O)cc12. The van der Waals surface area contributed by atoms with Crippen molar-refractivity contribution in [2.45, 2.75) is 13.5 Å². The number of aromatic carboxylic acids is 1. The van der Waals surface area contributed by atoms with Gasteiger partial charge in [0.1, 0.15) is 11.3 Å². The fourth-order valence-corrected chi connectivity index (χ4v) is 4.35. The van der Waals surface area contributed by atoms with Gasteiger partial charge in [-0.3, -0.25) is 4.90 Å². The van der Waals surface area contributed by atoms with Crippen molar-refractivity contribution in [1.29, 1.82) is 0 Å². The number of hydrogen-bond donors (Lipinski definition) is 2. The van der Waals surface area contributed by atoms with E-state index >= 15 is 0 Å². The fraction of sp³-hybridized carbons (Fsp3) is 0.286.